The van der Waals surface area contributed by atoms with E-state index in [9.17, 15) is 14.4 Å². The molecule has 3 N–H and O–H groups in total. The highest BCUT2D eigenvalue weighted by molar-refractivity contribution is 6.35. The molecule has 0 aromatic heterocycles. The fraction of sp³-hybridized carbons (Fsp3) is 0.273. The topological polar surface area (TPSA) is 109 Å². The predicted octanol–water partition coefficient (Wildman–Crippen LogP) is 2.87. The van der Waals surface area contributed by atoms with Crippen molar-refractivity contribution in [3.05, 3.63) is 59.1 Å². The third kappa shape index (κ3) is 7.11. The normalized spacial score (nSPS) is 13.7. The van der Waals surface area contributed by atoms with Gasteiger partial charge in [-0.15, -0.1) is 0 Å². The van der Waals surface area contributed by atoms with Crippen LogP contribution in [0.1, 0.15) is 31.2 Å². The molecular weight excluding hydrogens is 420 g/mol. The second-order valence-corrected chi connectivity index (χ2v) is 7.45. The molecule has 1 saturated carbocycles. The second kappa shape index (κ2) is 11.1. The standard InChI is InChI=1S/C22H23ClN4O4/c23-18-7-3-4-8-19(18)26-20(28)14-31-17-11-9-15(10-12-17)13-24-27-22(30)21(29)25-16-5-1-2-6-16/h3-4,7-13,16H,1-2,5-6,14H2,(H,25,29)(H,26,28)(H,27,30)/b24-13-. The average molecular weight is 443 g/mol. The van der Waals surface area contributed by atoms with E-state index in [4.69, 9.17) is 16.3 Å². The maximum absolute atomic E-state index is 12.0. The zero-order valence-electron chi connectivity index (χ0n) is 16.8. The lowest BCUT2D eigenvalue weighted by Gasteiger charge is -2.10. The number of hydrazone groups is 1. The van der Waals surface area contributed by atoms with Crippen LogP contribution in [0.15, 0.2) is 53.6 Å². The minimum absolute atomic E-state index is 0.0709. The molecule has 0 unspecified atom stereocenters. The van der Waals surface area contributed by atoms with Crippen molar-refractivity contribution in [3.8, 4) is 5.75 Å². The van der Waals surface area contributed by atoms with E-state index in [0.29, 0.717) is 22.0 Å². The van der Waals surface area contributed by atoms with Crippen LogP contribution >= 0.6 is 11.6 Å². The van der Waals surface area contributed by atoms with Gasteiger partial charge in [0.05, 0.1) is 16.9 Å². The molecule has 31 heavy (non-hydrogen) atoms. The van der Waals surface area contributed by atoms with Gasteiger partial charge >= 0.3 is 11.8 Å². The minimum Gasteiger partial charge on any atom is -0.484 e. The SMILES string of the molecule is O=C(COc1ccc(/C=N\NC(=O)C(=O)NC2CCCC2)cc1)Nc1ccccc1Cl. The zero-order valence-corrected chi connectivity index (χ0v) is 17.5. The Morgan fingerprint density at radius 1 is 1.03 bits per heavy atom. The fourth-order valence-electron chi connectivity index (χ4n) is 3.09. The molecule has 0 heterocycles. The Bertz CT molecular complexity index is 956. The van der Waals surface area contributed by atoms with Crippen LogP contribution in [0.4, 0.5) is 5.69 Å². The number of anilines is 1. The first kappa shape index (κ1) is 22.3. The number of carbonyl (C=O) groups excluding carboxylic acids is 3. The highest BCUT2D eigenvalue weighted by Gasteiger charge is 2.20. The maximum atomic E-state index is 12.0. The van der Waals surface area contributed by atoms with E-state index in [1.54, 1.807) is 48.5 Å². The number of halogens is 1. The third-order valence-corrected chi connectivity index (χ3v) is 5.00. The van der Waals surface area contributed by atoms with E-state index >= 15 is 0 Å². The summed E-state index contributed by atoms with van der Waals surface area (Å²) in [6, 6.07) is 13.7. The molecule has 9 heteroatoms. The van der Waals surface area contributed by atoms with Crippen molar-refractivity contribution in [2.75, 3.05) is 11.9 Å². The molecule has 8 nitrogen and oxygen atoms in total. The Balaban J connectivity index is 1.41. The summed E-state index contributed by atoms with van der Waals surface area (Å²) in [4.78, 5) is 35.6. The summed E-state index contributed by atoms with van der Waals surface area (Å²) in [6.07, 6.45) is 5.35. The lowest BCUT2D eigenvalue weighted by molar-refractivity contribution is -0.139. The van der Waals surface area contributed by atoms with Crippen molar-refractivity contribution in [3.63, 3.8) is 0 Å². The number of nitrogens with one attached hydrogen (secondary N) is 3. The molecule has 2 aromatic carbocycles. The Hall–Kier alpha value is -3.39. The van der Waals surface area contributed by atoms with Crippen LogP contribution in [0.25, 0.3) is 0 Å². The largest absolute Gasteiger partial charge is 0.484 e. The summed E-state index contributed by atoms with van der Waals surface area (Å²) in [6.45, 7) is -0.176. The summed E-state index contributed by atoms with van der Waals surface area (Å²) in [7, 11) is 0. The Kier molecular flexibility index (Phi) is 8.00. The van der Waals surface area contributed by atoms with E-state index in [-0.39, 0.29) is 18.6 Å². The Labute approximate surface area is 185 Å². The lowest BCUT2D eigenvalue weighted by Crippen LogP contribution is -2.42. The quantitative estimate of drug-likeness (QED) is 0.348. The number of carbonyl (C=O) groups is 3. The van der Waals surface area contributed by atoms with Crippen LogP contribution in [-0.2, 0) is 14.4 Å². The molecule has 1 aliphatic carbocycles. The first-order valence-electron chi connectivity index (χ1n) is 9.92. The van der Waals surface area contributed by atoms with Crippen molar-refractivity contribution in [1.82, 2.24) is 10.7 Å². The number of para-hydroxylation sites is 1. The summed E-state index contributed by atoms with van der Waals surface area (Å²) < 4.78 is 5.45. The van der Waals surface area contributed by atoms with E-state index in [2.05, 4.69) is 21.2 Å². The second-order valence-electron chi connectivity index (χ2n) is 7.04. The predicted molar refractivity (Wildman–Crippen MR) is 118 cm³/mol. The van der Waals surface area contributed by atoms with Gasteiger partial charge in [0.25, 0.3) is 5.91 Å². The van der Waals surface area contributed by atoms with E-state index in [1.807, 2.05) is 0 Å². The Morgan fingerprint density at radius 3 is 2.45 bits per heavy atom. The number of benzene rings is 2. The van der Waals surface area contributed by atoms with Gasteiger partial charge in [-0.2, -0.15) is 5.10 Å². The first-order chi connectivity index (χ1) is 15.0. The molecule has 0 saturated heterocycles. The van der Waals surface area contributed by atoms with E-state index in [0.717, 1.165) is 25.7 Å². The highest BCUT2D eigenvalue weighted by atomic mass is 35.5. The summed E-state index contributed by atoms with van der Waals surface area (Å²) in [5.41, 5.74) is 3.41. The monoisotopic (exact) mass is 442 g/mol. The van der Waals surface area contributed by atoms with Gasteiger partial charge < -0.3 is 15.4 Å². The number of hydrogen-bond acceptors (Lipinski definition) is 5. The molecule has 0 spiro atoms. The molecule has 1 aliphatic rings. The van der Waals surface area contributed by atoms with Crippen molar-refractivity contribution >= 4 is 41.2 Å². The van der Waals surface area contributed by atoms with E-state index < -0.39 is 11.8 Å². The molecule has 3 rings (SSSR count). The fourth-order valence-corrected chi connectivity index (χ4v) is 3.27. The van der Waals surface area contributed by atoms with Crippen molar-refractivity contribution in [2.45, 2.75) is 31.7 Å². The summed E-state index contributed by atoms with van der Waals surface area (Å²) in [5.74, 6) is -1.32. The van der Waals surface area contributed by atoms with Crippen LogP contribution in [0.2, 0.25) is 5.02 Å². The molecule has 2 aromatic rings. The van der Waals surface area contributed by atoms with Gasteiger partial charge in [-0.25, -0.2) is 5.43 Å². The first-order valence-corrected chi connectivity index (χ1v) is 10.3. The lowest BCUT2D eigenvalue weighted by atomic mass is 10.2. The highest BCUT2D eigenvalue weighted by Crippen LogP contribution is 2.20. The minimum atomic E-state index is -0.798. The molecule has 1 fully saturated rings. The average Bonchev–Trinajstić information content (AvgIpc) is 3.28. The van der Waals surface area contributed by atoms with Gasteiger partial charge in [-0.3, -0.25) is 14.4 Å². The van der Waals surface area contributed by atoms with Crippen molar-refractivity contribution in [2.24, 2.45) is 5.10 Å². The van der Waals surface area contributed by atoms with Crippen LogP contribution in [0, 0.1) is 0 Å². The molecule has 0 bridgehead atoms. The number of hydrogen-bond donors (Lipinski definition) is 3. The van der Waals surface area contributed by atoms with Gasteiger partial charge in [-0.05, 0) is 54.8 Å². The third-order valence-electron chi connectivity index (χ3n) is 4.67. The number of amides is 3. The van der Waals surface area contributed by atoms with Crippen LogP contribution in [-0.4, -0.2) is 36.6 Å². The molecule has 0 aliphatic heterocycles. The van der Waals surface area contributed by atoms with Crippen LogP contribution in [0.3, 0.4) is 0 Å². The van der Waals surface area contributed by atoms with Crippen LogP contribution < -0.4 is 20.8 Å². The number of ether oxygens (including phenoxy) is 1. The molecule has 3 amide bonds. The molecule has 0 radical (unpaired) electrons. The number of rotatable bonds is 7. The molecule has 0 atom stereocenters. The summed E-state index contributed by atoms with van der Waals surface area (Å²) >= 11 is 6.00. The number of nitrogens with zero attached hydrogens (tertiary/aromatic N) is 1. The van der Waals surface area contributed by atoms with Crippen molar-refractivity contribution in [1.29, 1.82) is 0 Å². The molecule has 162 valence electrons. The summed E-state index contributed by atoms with van der Waals surface area (Å²) in [5, 5.41) is 9.61. The van der Waals surface area contributed by atoms with Gasteiger partial charge in [0.2, 0.25) is 0 Å². The maximum Gasteiger partial charge on any atom is 0.329 e. The molecular formula is C22H23ClN4O4. The van der Waals surface area contributed by atoms with Crippen LogP contribution in [0.5, 0.6) is 5.75 Å². The smallest absolute Gasteiger partial charge is 0.329 e. The van der Waals surface area contributed by atoms with Gasteiger partial charge in [0.15, 0.2) is 6.61 Å². The van der Waals surface area contributed by atoms with Gasteiger partial charge in [0, 0.05) is 6.04 Å². The van der Waals surface area contributed by atoms with Gasteiger partial charge in [-0.1, -0.05) is 36.6 Å². The zero-order chi connectivity index (χ0) is 22.1. The van der Waals surface area contributed by atoms with E-state index in [1.165, 1.54) is 6.21 Å². The van der Waals surface area contributed by atoms with Gasteiger partial charge in [0.1, 0.15) is 5.75 Å². The van der Waals surface area contributed by atoms with Crippen molar-refractivity contribution < 1.29 is 19.1 Å². The Morgan fingerprint density at radius 2 is 1.74 bits per heavy atom.